The maximum atomic E-state index is 5.50. The normalized spacial score (nSPS) is 10.2. The second-order valence-electron chi connectivity index (χ2n) is 2.68. The highest BCUT2D eigenvalue weighted by Crippen LogP contribution is 2.05. The van der Waals surface area contributed by atoms with Crippen LogP contribution in [0.1, 0.15) is 5.69 Å². The van der Waals surface area contributed by atoms with Crippen molar-refractivity contribution in [3.8, 4) is 5.82 Å². The van der Waals surface area contributed by atoms with Crippen LogP contribution in [0, 0.1) is 6.92 Å². The van der Waals surface area contributed by atoms with Gasteiger partial charge in [0, 0.05) is 24.2 Å². The molecule has 2 N–H and O–H groups in total. The summed E-state index contributed by atoms with van der Waals surface area (Å²) in [5.74, 6) is 0.959. The van der Waals surface area contributed by atoms with Crippen molar-refractivity contribution in [3.05, 3.63) is 30.2 Å². The van der Waals surface area contributed by atoms with Gasteiger partial charge in [0.1, 0.15) is 0 Å². The van der Waals surface area contributed by atoms with Crippen LogP contribution in [0.3, 0.4) is 0 Å². The van der Waals surface area contributed by atoms with Crippen LogP contribution in [0.2, 0.25) is 0 Å². The molecule has 0 radical (unpaired) electrons. The second-order valence-corrected chi connectivity index (χ2v) is 2.68. The van der Waals surface area contributed by atoms with Gasteiger partial charge in [-0.15, -0.1) is 0 Å². The summed E-state index contributed by atoms with van der Waals surface area (Å²) in [5.41, 5.74) is 6.33. The molecular formula is C8H9N5. The van der Waals surface area contributed by atoms with E-state index in [1.165, 1.54) is 0 Å². The zero-order valence-corrected chi connectivity index (χ0v) is 7.18. The van der Waals surface area contributed by atoms with E-state index in [9.17, 15) is 0 Å². The summed E-state index contributed by atoms with van der Waals surface area (Å²) in [7, 11) is 0. The van der Waals surface area contributed by atoms with Crippen molar-refractivity contribution in [2.45, 2.75) is 6.92 Å². The minimum Gasteiger partial charge on any atom is -0.368 e. The Balaban J connectivity index is 2.53. The monoisotopic (exact) mass is 175 g/mol. The van der Waals surface area contributed by atoms with Crippen LogP contribution in [0.5, 0.6) is 0 Å². The highest BCUT2D eigenvalue weighted by molar-refractivity contribution is 5.30. The molecule has 0 saturated carbocycles. The van der Waals surface area contributed by atoms with E-state index in [-0.39, 0.29) is 5.95 Å². The zero-order valence-electron chi connectivity index (χ0n) is 7.18. The molecule has 2 heterocycles. The van der Waals surface area contributed by atoms with E-state index >= 15 is 0 Å². The highest BCUT2D eigenvalue weighted by atomic mass is 15.3. The van der Waals surface area contributed by atoms with E-state index in [0.29, 0.717) is 5.82 Å². The van der Waals surface area contributed by atoms with Crippen LogP contribution in [0.4, 0.5) is 5.95 Å². The number of nitrogens with two attached hydrogens (primary N) is 1. The standard InChI is InChI=1S/C8H9N5/c1-6-5-7(12-8(9)11-6)13-4-2-3-10-13/h2-5H,1H3,(H2,9,11,12). The Morgan fingerprint density at radius 3 is 2.85 bits per heavy atom. The van der Waals surface area contributed by atoms with Crippen LogP contribution in [0.25, 0.3) is 5.82 Å². The fourth-order valence-corrected chi connectivity index (χ4v) is 1.10. The van der Waals surface area contributed by atoms with Gasteiger partial charge in [0.2, 0.25) is 5.95 Å². The van der Waals surface area contributed by atoms with Gasteiger partial charge in [-0.2, -0.15) is 10.1 Å². The lowest BCUT2D eigenvalue weighted by atomic mass is 10.4. The molecule has 0 atom stereocenters. The molecule has 66 valence electrons. The molecule has 2 aromatic heterocycles. The number of nitrogen functional groups attached to an aromatic ring is 1. The van der Waals surface area contributed by atoms with E-state index in [2.05, 4.69) is 15.1 Å². The Morgan fingerprint density at radius 2 is 2.23 bits per heavy atom. The number of aromatic nitrogens is 4. The second kappa shape index (κ2) is 2.85. The highest BCUT2D eigenvalue weighted by Gasteiger charge is 2.00. The zero-order chi connectivity index (χ0) is 9.26. The maximum absolute atomic E-state index is 5.50. The minimum atomic E-state index is 0.269. The maximum Gasteiger partial charge on any atom is 0.222 e. The van der Waals surface area contributed by atoms with Crippen LogP contribution in [-0.4, -0.2) is 19.7 Å². The molecule has 0 aliphatic heterocycles. The fourth-order valence-electron chi connectivity index (χ4n) is 1.10. The molecule has 13 heavy (non-hydrogen) atoms. The first-order valence-corrected chi connectivity index (χ1v) is 3.87. The van der Waals surface area contributed by atoms with Crippen molar-refractivity contribution in [1.29, 1.82) is 0 Å². The summed E-state index contributed by atoms with van der Waals surface area (Å²) >= 11 is 0. The molecule has 0 amide bonds. The lowest BCUT2D eigenvalue weighted by Crippen LogP contribution is -2.04. The average Bonchev–Trinajstić information content (AvgIpc) is 2.53. The van der Waals surface area contributed by atoms with E-state index in [0.717, 1.165) is 5.69 Å². The largest absolute Gasteiger partial charge is 0.368 e. The molecule has 2 rings (SSSR count). The van der Waals surface area contributed by atoms with E-state index in [1.54, 1.807) is 17.1 Å². The number of nitrogens with zero attached hydrogens (tertiary/aromatic N) is 4. The summed E-state index contributed by atoms with van der Waals surface area (Å²) in [5, 5.41) is 4.04. The van der Waals surface area contributed by atoms with Crippen LogP contribution < -0.4 is 5.73 Å². The first kappa shape index (κ1) is 7.72. The number of anilines is 1. The molecule has 5 nitrogen and oxygen atoms in total. The van der Waals surface area contributed by atoms with Gasteiger partial charge in [0.15, 0.2) is 5.82 Å². The summed E-state index contributed by atoms with van der Waals surface area (Å²) in [6.45, 7) is 1.87. The molecule has 0 spiro atoms. The van der Waals surface area contributed by atoms with E-state index in [4.69, 9.17) is 5.73 Å². The van der Waals surface area contributed by atoms with Gasteiger partial charge in [-0.3, -0.25) is 0 Å². The molecule has 0 fully saturated rings. The molecule has 5 heteroatoms. The first-order valence-electron chi connectivity index (χ1n) is 3.87. The van der Waals surface area contributed by atoms with Gasteiger partial charge in [0.25, 0.3) is 0 Å². The first-order chi connectivity index (χ1) is 6.25. The van der Waals surface area contributed by atoms with Crippen molar-refractivity contribution < 1.29 is 0 Å². The Morgan fingerprint density at radius 1 is 1.38 bits per heavy atom. The molecule has 0 saturated heterocycles. The molecule has 2 aromatic rings. The lowest BCUT2D eigenvalue weighted by molar-refractivity contribution is 0.838. The smallest absolute Gasteiger partial charge is 0.222 e. The summed E-state index contributed by atoms with van der Waals surface area (Å²) in [6.07, 6.45) is 3.49. The van der Waals surface area contributed by atoms with Gasteiger partial charge < -0.3 is 5.73 Å². The van der Waals surface area contributed by atoms with Crippen molar-refractivity contribution in [1.82, 2.24) is 19.7 Å². The number of aryl methyl sites for hydroxylation is 1. The topological polar surface area (TPSA) is 69.6 Å². The number of hydrogen-bond donors (Lipinski definition) is 1. The predicted molar refractivity (Wildman–Crippen MR) is 48.3 cm³/mol. The minimum absolute atomic E-state index is 0.269. The molecule has 0 aliphatic carbocycles. The van der Waals surface area contributed by atoms with Crippen molar-refractivity contribution in [2.75, 3.05) is 5.73 Å². The van der Waals surface area contributed by atoms with Crippen molar-refractivity contribution >= 4 is 5.95 Å². The molecule has 0 bridgehead atoms. The van der Waals surface area contributed by atoms with E-state index < -0.39 is 0 Å². The Hall–Kier alpha value is -1.91. The predicted octanol–water partition coefficient (Wildman–Crippen LogP) is 0.553. The third kappa shape index (κ3) is 1.48. The van der Waals surface area contributed by atoms with Gasteiger partial charge in [0.05, 0.1) is 0 Å². The third-order valence-corrected chi connectivity index (χ3v) is 1.60. The Kier molecular flexibility index (Phi) is 1.70. The Labute approximate surface area is 75.2 Å². The number of hydrogen-bond acceptors (Lipinski definition) is 4. The third-order valence-electron chi connectivity index (χ3n) is 1.60. The van der Waals surface area contributed by atoms with Crippen molar-refractivity contribution in [3.63, 3.8) is 0 Å². The summed E-state index contributed by atoms with van der Waals surface area (Å²) in [4.78, 5) is 8.01. The Bertz CT molecular complexity index is 386. The lowest BCUT2D eigenvalue weighted by Gasteiger charge is -2.01. The quantitative estimate of drug-likeness (QED) is 0.687. The van der Waals surface area contributed by atoms with Crippen LogP contribution >= 0.6 is 0 Å². The molecule has 0 unspecified atom stereocenters. The van der Waals surface area contributed by atoms with E-state index in [1.807, 2.05) is 19.1 Å². The molecular weight excluding hydrogens is 166 g/mol. The fraction of sp³-hybridized carbons (Fsp3) is 0.125. The molecule has 0 aromatic carbocycles. The average molecular weight is 175 g/mol. The van der Waals surface area contributed by atoms with Gasteiger partial charge in [-0.25, -0.2) is 9.67 Å². The SMILES string of the molecule is Cc1cc(-n2cccn2)nc(N)n1. The van der Waals surface area contributed by atoms with Crippen molar-refractivity contribution in [2.24, 2.45) is 0 Å². The van der Waals surface area contributed by atoms with Gasteiger partial charge >= 0.3 is 0 Å². The number of rotatable bonds is 1. The molecule has 0 aliphatic rings. The van der Waals surface area contributed by atoms with Crippen LogP contribution in [0.15, 0.2) is 24.5 Å². The summed E-state index contributed by atoms with van der Waals surface area (Å²) < 4.78 is 1.64. The van der Waals surface area contributed by atoms with Gasteiger partial charge in [-0.1, -0.05) is 0 Å². The van der Waals surface area contributed by atoms with Gasteiger partial charge in [-0.05, 0) is 13.0 Å². The summed E-state index contributed by atoms with van der Waals surface area (Å²) in [6, 6.07) is 3.65. The van der Waals surface area contributed by atoms with Crippen LogP contribution in [-0.2, 0) is 0 Å².